The van der Waals surface area contributed by atoms with Gasteiger partial charge in [0.1, 0.15) is 5.75 Å². The van der Waals surface area contributed by atoms with Gasteiger partial charge in [0.25, 0.3) is 0 Å². The average molecular weight is 474 g/mol. The number of carbonyl (C=O) groups excluding carboxylic acids is 2. The maximum absolute atomic E-state index is 12.4. The van der Waals surface area contributed by atoms with Crippen molar-refractivity contribution in [3.05, 3.63) is 64.9 Å². The second kappa shape index (κ2) is 11.0. The molecule has 0 bridgehead atoms. The third-order valence-corrected chi connectivity index (χ3v) is 5.89. The van der Waals surface area contributed by atoms with Crippen molar-refractivity contribution in [2.45, 2.75) is 24.5 Å². The quantitative estimate of drug-likeness (QED) is 0.460. The summed E-state index contributed by atoms with van der Waals surface area (Å²) in [5, 5.41) is 15.3. The fourth-order valence-electron chi connectivity index (χ4n) is 2.98. The number of anilines is 1. The van der Waals surface area contributed by atoms with Gasteiger partial charge in [0.15, 0.2) is 11.0 Å². The minimum atomic E-state index is -0.338. The van der Waals surface area contributed by atoms with Crippen molar-refractivity contribution in [3.63, 3.8) is 0 Å². The first-order valence-electron chi connectivity index (χ1n) is 9.85. The molecule has 3 rings (SSSR count). The zero-order chi connectivity index (χ0) is 23.1. The number of rotatable bonds is 9. The van der Waals surface area contributed by atoms with Crippen LogP contribution >= 0.6 is 23.4 Å². The molecule has 0 spiro atoms. The topological polar surface area (TPSA) is 98.1 Å². The van der Waals surface area contributed by atoms with Crippen LogP contribution in [0.4, 0.5) is 5.69 Å². The van der Waals surface area contributed by atoms with Gasteiger partial charge in [0.05, 0.1) is 25.3 Å². The molecule has 0 saturated carbocycles. The Balaban J connectivity index is 1.51. The Morgan fingerprint density at radius 3 is 2.44 bits per heavy atom. The summed E-state index contributed by atoms with van der Waals surface area (Å²) in [6.07, 6.45) is 0.249. The molecule has 0 aliphatic rings. The van der Waals surface area contributed by atoms with Crippen LogP contribution in [0.1, 0.15) is 24.4 Å². The molecule has 0 fully saturated rings. The van der Waals surface area contributed by atoms with Crippen LogP contribution in [0.5, 0.6) is 5.75 Å². The minimum Gasteiger partial charge on any atom is -0.497 e. The molecule has 1 heterocycles. The monoisotopic (exact) mass is 473 g/mol. The number of nitrogens with one attached hydrogen (secondary N) is 2. The number of thioether (sulfide) groups is 1. The van der Waals surface area contributed by atoms with E-state index >= 15 is 0 Å². The maximum atomic E-state index is 12.4. The first kappa shape index (κ1) is 23.6. The molecule has 168 valence electrons. The van der Waals surface area contributed by atoms with Gasteiger partial charge in [0, 0.05) is 17.8 Å². The van der Waals surface area contributed by atoms with Gasteiger partial charge >= 0.3 is 0 Å². The van der Waals surface area contributed by atoms with Crippen molar-refractivity contribution < 1.29 is 14.3 Å². The normalized spacial score (nSPS) is 11.6. The fourth-order valence-corrected chi connectivity index (χ4v) is 3.82. The van der Waals surface area contributed by atoms with E-state index in [4.69, 9.17) is 16.3 Å². The van der Waals surface area contributed by atoms with Crippen LogP contribution in [0, 0.1) is 0 Å². The summed E-state index contributed by atoms with van der Waals surface area (Å²) >= 11 is 7.12. The number of amides is 2. The van der Waals surface area contributed by atoms with E-state index in [1.807, 2.05) is 31.2 Å². The van der Waals surface area contributed by atoms with Crippen LogP contribution < -0.4 is 15.4 Å². The van der Waals surface area contributed by atoms with Crippen LogP contribution in [0.3, 0.4) is 0 Å². The molecule has 10 heteroatoms. The molecular weight excluding hydrogens is 450 g/mol. The number of nitrogens with zero attached hydrogens (tertiary/aromatic N) is 3. The summed E-state index contributed by atoms with van der Waals surface area (Å²) < 4.78 is 6.91. The number of halogens is 1. The van der Waals surface area contributed by atoms with Gasteiger partial charge in [-0.2, -0.15) is 0 Å². The van der Waals surface area contributed by atoms with Crippen molar-refractivity contribution in [3.8, 4) is 5.75 Å². The standard InChI is InChI=1S/C22H24ClN5O3S/c1-14(24-19(29)12-15-4-10-18(31-3)11-5-15)21-26-27-22(28(21)2)32-13-20(30)25-17-8-6-16(23)7-9-17/h4-11,14H,12-13H2,1-3H3,(H,24,29)(H,25,30). The average Bonchev–Trinajstić information content (AvgIpc) is 3.15. The lowest BCUT2D eigenvalue weighted by molar-refractivity contribution is -0.121. The summed E-state index contributed by atoms with van der Waals surface area (Å²) in [4.78, 5) is 24.6. The molecule has 0 aliphatic heterocycles. The molecule has 0 aliphatic carbocycles. The van der Waals surface area contributed by atoms with Gasteiger partial charge in [-0.3, -0.25) is 9.59 Å². The molecule has 0 radical (unpaired) electrons. The Morgan fingerprint density at radius 1 is 1.09 bits per heavy atom. The summed E-state index contributed by atoms with van der Waals surface area (Å²) in [6, 6.07) is 13.9. The number of aromatic nitrogens is 3. The van der Waals surface area contributed by atoms with Crippen LogP contribution in [-0.4, -0.2) is 39.4 Å². The fraction of sp³-hybridized carbons (Fsp3) is 0.273. The molecule has 8 nitrogen and oxygen atoms in total. The van der Waals surface area contributed by atoms with E-state index in [1.165, 1.54) is 11.8 Å². The second-order valence-electron chi connectivity index (χ2n) is 7.06. The van der Waals surface area contributed by atoms with E-state index in [-0.39, 0.29) is 30.0 Å². The largest absolute Gasteiger partial charge is 0.497 e. The number of hydrogen-bond donors (Lipinski definition) is 2. The SMILES string of the molecule is COc1ccc(CC(=O)NC(C)c2nnc(SCC(=O)Nc3ccc(Cl)cc3)n2C)cc1. The van der Waals surface area contributed by atoms with Crippen molar-refractivity contribution in [1.29, 1.82) is 0 Å². The first-order chi connectivity index (χ1) is 15.4. The van der Waals surface area contributed by atoms with Crippen molar-refractivity contribution >= 4 is 40.9 Å². The van der Waals surface area contributed by atoms with Crippen molar-refractivity contribution in [2.24, 2.45) is 7.05 Å². The van der Waals surface area contributed by atoms with E-state index in [1.54, 1.807) is 43.0 Å². The highest BCUT2D eigenvalue weighted by atomic mass is 35.5. The molecule has 1 atom stereocenters. The summed E-state index contributed by atoms with van der Waals surface area (Å²) in [6.45, 7) is 1.84. The number of benzene rings is 2. The minimum absolute atomic E-state index is 0.123. The van der Waals surface area contributed by atoms with Crippen LogP contribution in [0.15, 0.2) is 53.7 Å². The third kappa shape index (κ3) is 6.48. The number of carbonyl (C=O) groups is 2. The molecular formula is C22H24ClN5O3S. The molecule has 1 aromatic heterocycles. The van der Waals surface area contributed by atoms with Gasteiger partial charge < -0.3 is 19.9 Å². The molecule has 2 aromatic carbocycles. The van der Waals surface area contributed by atoms with E-state index in [0.717, 1.165) is 11.3 Å². The second-order valence-corrected chi connectivity index (χ2v) is 8.44. The maximum Gasteiger partial charge on any atom is 0.234 e. The molecule has 2 N–H and O–H groups in total. The first-order valence-corrected chi connectivity index (χ1v) is 11.2. The smallest absolute Gasteiger partial charge is 0.234 e. The van der Waals surface area contributed by atoms with Gasteiger partial charge in [-0.05, 0) is 48.9 Å². The Morgan fingerprint density at radius 2 is 1.78 bits per heavy atom. The van der Waals surface area contributed by atoms with Crippen LogP contribution in [-0.2, 0) is 23.1 Å². The highest BCUT2D eigenvalue weighted by Crippen LogP contribution is 2.20. The molecule has 0 saturated heterocycles. The zero-order valence-corrected chi connectivity index (χ0v) is 19.5. The Kier molecular flexibility index (Phi) is 8.13. The van der Waals surface area contributed by atoms with Crippen molar-refractivity contribution in [2.75, 3.05) is 18.2 Å². The van der Waals surface area contributed by atoms with E-state index in [9.17, 15) is 9.59 Å². The van der Waals surface area contributed by atoms with Crippen LogP contribution in [0.2, 0.25) is 5.02 Å². The van der Waals surface area contributed by atoms with Crippen LogP contribution in [0.25, 0.3) is 0 Å². The highest BCUT2D eigenvalue weighted by molar-refractivity contribution is 7.99. The lowest BCUT2D eigenvalue weighted by atomic mass is 10.1. The molecule has 2 amide bonds. The molecule has 1 unspecified atom stereocenters. The predicted molar refractivity (Wildman–Crippen MR) is 125 cm³/mol. The van der Waals surface area contributed by atoms with Gasteiger partial charge in [-0.25, -0.2) is 0 Å². The highest BCUT2D eigenvalue weighted by Gasteiger charge is 2.18. The summed E-state index contributed by atoms with van der Waals surface area (Å²) in [5.74, 6) is 1.24. The molecule has 32 heavy (non-hydrogen) atoms. The summed E-state index contributed by atoms with van der Waals surface area (Å²) in [5.41, 5.74) is 1.56. The van der Waals surface area contributed by atoms with E-state index in [2.05, 4.69) is 20.8 Å². The van der Waals surface area contributed by atoms with Crippen molar-refractivity contribution in [1.82, 2.24) is 20.1 Å². The van der Waals surface area contributed by atoms with E-state index < -0.39 is 0 Å². The lowest BCUT2D eigenvalue weighted by Gasteiger charge is -2.14. The van der Waals surface area contributed by atoms with Gasteiger partial charge in [-0.15, -0.1) is 10.2 Å². The summed E-state index contributed by atoms with van der Waals surface area (Å²) in [7, 11) is 3.41. The predicted octanol–water partition coefficient (Wildman–Crippen LogP) is 3.63. The molecule has 3 aromatic rings. The Bertz CT molecular complexity index is 1070. The number of methoxy groups -OCH3 is 1. The Hall–Kier alpha value is -3.04. The number of ether oxygens (including phenoxy) is 1. The van der Waals surface area contributed by atoms with Gasteiger partial charge in [-0.1, -0.05) is 35.5 Å². The van der Waals surface area contributed by atoms with E-state index in [0.29, 0.717) is 21.7 Å². The zero-order valence-electron chi connectivity index (χ0n) is 18.0. The van der Waals surface area contributed by atoms with Gasteiger partial charge in [0.2, 0.25) is 11.8 Å². The lowest BCUT2D eigenvalue weighted by Crippen LogP contribution is -2.29. The number of hydrogen-bond acceptors (Lipinski definition) is 6. The third-order valence-electron chi connectivity index (χ3n) is 4.62. The Labute approximate surface area is 195 Å².